The van der Waals surface area contributed by atoms with E-state index in [2.05, 4.69) is 0 Å². The number of ether oxygens (including phenoxy) is 1. The minimum absolute atomic E-state index is 0.0508. The molecule has 1 fully saturated rings. The quantitative estimate of drug-likeness (QED) is 0.785. The lowest BCUT2D eigenvalue weighted by Gasteiger charge is -2.31. The Morgan fingerprint density at radius 1 is 0.962 bits per heavy atom. The first-order chi connectivity index (χ1) is 12.6. The largest absolute Gasteiger partial charge is 0.461 e. The van der Waals surface area contributed by atoms with E-state index in [4.69, 9.17) is 4.74 Å². The number of rotatable bonds is 4. The van der Waals surface area contributed by atoms with Crippen LogP contribution in [0.5, 0.6) is 0 Å². The van der Waals surface area contributed by atoms with Crippen molar-refractivity contribution in [1.29, 1.82) is 0 Å². The van der Waals surface area contributed by atoms with Crippen LogP contribution in [0, 0.1) is 19.8 Å². The Morgan fingerprint density at radius 2 is 1.58 bits per heavy atom. The molecule has 0 bridgehead atoms. The van der Waals surface area contributed by atoms with E-state index in [9.17, 15) is 9.59 Å². The highest BCUT2D eigenvalue weighted by Crippen LogP contribution is 2.22. The van der Waals surface area contributed by atoms with Gasteiger partial charge in [0.15, 0.2) is 0 Å². The predicted molar refractivity (Wildman–Crippen MR) is 101 cm³/mol. The summed E-state index contributed by atoms with van der Waals surface area (Å²) in [5.41, 5.74) is 3.89. The maximum atomic E-state index is 12.7. The van der Waals surface area contributed by atoms with Gasteiger partial charge in [-0.05, 0) is 49.4 Å². The molecule has 0 aliphatic carbocycles. The number of aryl methyl sites for hydroxylation is 2. The van der Waals surface area contributed by atoms with Crippen LogP contribution in [0.2, 0.25) is 0 Å². The van der Waals surface area contributed by atoms with Crippen LogP contribution < -0.4 is 0 Å². The van der Waals surface area contributed by atoms with Crippen molar-refractivity contribution in [1.82, 2.24) is 4.90 Å². The first-order valence-electron chi connectivity index (χ1n) is 9.12. The number of hydrogen-bond acceptors (Lipinski definition) is 3. The molecule has 1 aliphatic rings. The predicted octanol–water partition coefficient (Wildman–Crippen LogP) is 3.90. The first kappa shape index (κ1) is 18.2. The molecule has 0 spiro atoms. The summed E-state index contributed by atoms with van der Waals surface area (Å²) in [5.74, 6) is -0.231. The number of carbonyl (C=O) groups is 2. The van der Waals surface area contributed by atoms with Crippen LogP contribution in [-0.4, -0.2) is 29.9 Å². The molecule has 1 saturated heterocycles. The molecule has 1 amide bonds. The topological polar surface area (TPSA) is 46.6 Å². The zero-order valence-electron chi connectivity index (χ0n) is 15.4. The van der Waals surface area contributed by atoms with Gasteiger partial charge in [0.2, 0.25) is 0 Å². The van der Waals surface area contributed by atoms with Crippen LogP contribution in [0.3, 0.4) is 0 Å². The molecule has 0 atom stereocenters. The van der Waals surface area contributed by atoms with Gasteiger partial charge in [0.1, 0.15) is 6.61 Å². The van der Waals surface area contributed by atoms with E-state index >= 15 is 0 Å². The standard InChI is InChI=1S/C22H25NO3/c1-16-7-3-5-9-19(16)15-26-22(25)18-11-13-23(14-12-18)21(24)20-10-6-4-8-17(20)2/h3-10,18H,11-15H2,1-2H3. The lowest BCUT2D eigenvalue weighted by Crippen LogP contribution is -2.40. The van der Waals surface area contributed by atoms with Gasteiger partial charge in [0, 0.05) is 18.7 Å². The summed E-state index contributed by atoms with van der Waals surface area (Å²) in [5, 5.41) is 0. The highest BCUT2D eigenvalue weighted by Gasteiger charge is 2.29. The Hall–Kier alpha value is -2.62. The van der Waals surface area contributed by atoms with E-state index in [1.165, 1.54) is 0 Å². The van der Waals surface area contributed by atoms with Crippen LogP contribution in [0.1, 0.15) is 39.9 Å². The maximum Gasteiger partial charge on any atom is 0.309 e. The molecule has 0 radical (unpaired) electrons. The first-order valence-corrected chi connectivity index (χ1v) is 9.12. The maximum absolute atomic E-state index is 12.7. The number of carbonyl (C=O) groups excluding carboxylic acids is 2. The van der Waals surface area contributed by atoms with Gasteiger partial charge in [0.05, 0.1) is 5.92 Å². The molecular weight excluding hydrogens is 326 g/mol. The average molecular weight is 351 g/mol. The molecule has 0 aromatic heterocycles. The fraction of sp³-hybridized carbons (Fsp3) is 0.364. The number of likely N-dealkylation sites (tertiary alicyclic amines) is 1. The summed E-state index contributed by atoms with van der Waals surface area (Å²) in [7, 11) is 0. The molecule has 0 N–H and O–H groups in total. The Kier molecular flexibility index (Phi) is 5.71. The van der Waals surface area contributed by atoms with Gasteiger partial charge in [-0.1, -0.05) is 42.5 Å². The van der Waals surface area contributed by atoms with E-state index in [0.717, 1.165) is 22.3 Å². The van der Waals surface area contributed by atoms with Gasteiger partial charge < -0.3 is 9.64 Å². The second-order valence-corrected chi connectivity index (χ2v) is 6.92. The molecule has 2 aromatic rings. The van der Waals surface area contributed by atoms with Gasteiger partial charge in [0.25, 0.3) is 5.91 Å². The third kappa shape index (κ3) is 4.13. The lowest BCUT2D eigenvalue weighted by atomic mass is 9.96. The van der Waals surface area contributed by atoms with E-state index in [1.807, 2.05) is 67.3 Å². The zero-order valence-corrected chi connectivity index (χ0v) is 15.4. The normalized spacial score (nSPS) is 14.9. The van der Waals surface area contributed by atoms with E-state index in [-0.39, 0.29) is 17.8 Å². The molecule has 136 valence electrons. The van der Waals surface area contributed by atoms with Crippen LogP contribution in [-0.2, 0) is 16.1 Å². The Bertz CT molecular complexity index is 791. The van der Waals surface area contributed by atoms with Crippen LogP contribution in [0.15, 0.2) is 48.5 Å². The third-order valence-electron chi connectivity index (χ3n) is 5.12. The second kappa shape index (κ2) is 8.17. The molecule has 4 heteroatoms. The van der Waals surface area contributed by atoms with Crippen molar-refractivity contribution in [2.75, 3.05) is 13.1 Å². The van der Waals surface area contributed by atoms with Crippen molar-refractivity contribution < 1.29 is 14.3 Å². The van der Waals surface area contributed by atoms with Gasteiger partial charge in [-0.3, -0.25) is 9.59 Å². The van der Waals surface area contributed by atoms with Gasteiger partial charge >= 0.3 is 5.97 Å². The van der Waals surface area contributed by atoms with Gasteiger partial charge in [-0.2, -0.15) is 0 Å². The molecule has 0 saturated carbocycles. The Balaban J connectivity index is 1.52. The molecule has 3 rings (SSSR count). The zero-order chi connectivity index (χ0) is 18.5. The minimum Gasteiger partial charge on any atom is -0.461 e. The molecule has 1 heterocycles. The van der Waals surface area contributed by atoms with Crippen molar-refractivity contribution in [3.8, 4) is 0 Å². The van der Waals surface area contributed by atoms with Crippen molar-refractivity contribution in [3.63, 3.8) is 0 Å². The highest BCUT2D eigenvalue weighted by atomic mass is 16.5. The molecule has 2 aromatic carbocycles. The summed E-state index contributed by atoms with van der Waals surface area (Å²) in [6, 6.07) is 15.5. The number of amides is 1. The Labute approximate surface area is 154 Å². The fourth-order valence-corrected chi connectivity index (χ4v) is 3.34. The van der Waals surface area contributed by atoms with Crippen LogP contribution in [0.25, 0.3) is 0 Å². The highest BCUT2D eigenvalue weighted by molar-refractivity contribution is 5.95. The van der Waals surface area contributed by atoms with E-state index < -0.39 is 0 Å². The molecule has 0 unspecified atom stereocenters. The number of hydrogen-bond donors (Lipinski definition) is 0. The monoisotopic (exact) mass is 351 g/mol. The average Bonchev–Trinajstić information content (AvgIpc) is 2.67. The minimum atomic E-state index is -0.156. The number of benzene rings is 2. The smallest absolute Gasteiger partial charge is 0.309 e. The summed E-state index contributed by atoms with van der Waals surface area (Å²) in [4.78, 5) is 26.9. The van der Waals surface area contributed by atoms with Crippen LogP contribution in [0.4, 0.5) is 0 Å². The Morgan fingerprint density at radius 3 is 2.23 bits per heavy atom. The van der Waals surface area contributed by atoms with Gasteiger partial charge in [-0.15, -0.1) is 0 Å². The number of esters is 1. The molecule has 26 heavy (non-hydrogen) atoms. The summed E-state index contributed by atoms with van der Waals surface area (Å²) in [6.45, 7) is 5.46. The molecule has 1 aliphatic heterocycles. The van der Waals surface area contributed by atoms with Crippen molar-refractivity contribution in [3.05, 3.63) is 70.8 Å². The van der Waals surface area contributed by atoms with Gasteiger partial charge in [-0.25, -0.2) is 0 Å². The van der Waals surface area contributed by atoms with Crippen molar-refractivity contribution in [2.45, 2.75) is 33.3 Å². The van der Waals surface area contributed by atoms with Crippen molar-refractivity contribution >= 4 is 11.9 Å². The molecular formula is C22H25NO3. The third-order valence-corrected chi connectivity index (χ3v) is 5.12. The fourth-order valence-electron chi connectivity index (χ4n) is 3.34. The number of piperidine rings is 1. The number of nitrogens with zero attached hydrogens (tertiary/aromatic N) is 1. The SMILES string of the molecule is Cc1ccccc1COC(=O)C1CCN(C(=O)c2ccccc2C)CC1. The lowest BCUT2D eigenvalue weighted by molar-refractivity contribution is -0.151. The molecule has 4 nitrogen and oxygen atoms in total. The van der Waals surface area contributed by atoms with Crippen molar-refractivity contribution in [2.24, 2.45) is 5.92 Å². The van der Waals surface area contributed by atoms with E-state index in [1.54, 1.807) is 0 Å². The van der Waals surface area contributed by atoms with E-state index in [0.29, 0.717) is 32.5 Å². The van der Waals surface area contributed by atoms with Crippen LogP contribution >= 0.6 is 0 Å². The summed E-state index contributed by atoms with van der Waals surface area (Å²) < 4.78 is 5.51. The second-order valence-electron chi connectivity index (χ2n) is 6.92. The summed E-state index contributed by atoms with van der Waals surface area (Å²) in [6.07, 6.45) is 1.31. The summed E-state index contributed by atoms with van der Waals surface area (Å²) >= 11 is 0.